The maximum Gasteiger partial charge on any atom is 3.00 e. The summed E-state index contributed by atoms with van der Waals surface area (Å²) >= 11 is 0. The molecule has 3 aromatic carbocycles. The van der Waals surface area contributed by atoms with Crippen LogP contribution in [0.5, 0.6) is 0 Å². The number of pyridine rings is 3. The molecule has 6 rings (SSSR count). The third kappa shape index (κ3) is 9.81. The molecule has 5 heteroatoms. The van der Waals surface area contributed by atoms with Gasteiger partial charge in [0.25, 0.3) is 0 Å². The van der Waals surface area contributed by atoms with Gasteiger partial charge in [0.2, 0.25) is 0 Å². The van der Waals surface area contributed by atoms with E-state index in [-0.39, 0.29) is 20.1 Å². The van der Waals surface area contributed by atoms with E-state index in [9.17, 15) is 0 Å². The van der Waals surface area contributed by atoms with Crippen molar-refractivity contribution in [3.8, 4) is 33.8 Å². The summed E-state index contributed by atoms with van der Waals surface area (Å²) in [5.74, 6) is 0. The van der Waals surface area contributed by atoms with Crippen molar-refractivity contribution in [2.75, 3.05) is 0 Å². The molecular formula is C37H34IrN3Si. The summed E-state index contributed by atoms with van der Waals surface area (Å²) in [6, 6.07) is 47.0. The molecule has 0 saturated carbocycles. The SMILES string of the molecule is Cc1cc(-c2[c-]cccc2)ncc1[Si](C)(C)C.[Ir+3].[c-]1ccccc1-c1ccccn1.[c-]1ccccc1-c1ccccn1. The Morgan fingerprint density at radius 3 is 1.29 bits per heavy atom. The monoisotopic (exact) mass is 741 g/mol. The van der Waals surface area contributed by atoms with Gasteiger partial charge in [-0.05, 0) is 41.3 Å². The van der Waals surface area contributed by atoms with Crippen LogP contribution in [0.15, 0.2) is 134 Å². The van der Waals surface area contributed by atoms with E-state index in [0.29, 0.717) is 0 Å². The van der Waals surface area contributed by atoms with Gasteiger partial charge in [-0.1, -0.05) is 55.5 Å². The number of benzene rings is 3. The summed E-state index contributed by atoms with van der Waals surface area (Å²) in [5.41, 5.74) is 7.46. The summed E-state index contributed by atoms with van der Waals surface area (Å²) in [6.45, 7) is 9.24. The maximum absolute atomic E-state index is 4.58. The fourth-order valence-electron chi connectivity index (χ4n) is 4.19. The molecule has 0 aliphatic carbocycles. The standard InChI is InChI=1S/C15H18NSi.2C11H8N.Ir/c1-12-10-14(13-8-6-5-7-9-13)16-11-15(12)17(2,3)4;2*1-2-6-10(7-3-1)11-8-4-5-9-12-11;/h5-8,10-11H,1-4H3;2*1-6,8-9H;/q3*-1;+3. The normalized spacial score (nSPS) is 10.2. The van der Waals surface area contributed by atoms with E-state index in [1.807, 2.05) is 103 Å². The third-order valence-corrected chi connectivity index (χ3v) is 8.34. The van der Waals surface area contributed by atoms with Crippen molar-refractivity contribution in [1.29, 1.82) is 0 Å². The first kappa shape index (κ1) is 32.5. The zero-order valence-corrected chi connectivity index (χ0v) is 27.8. The second-order valence-corrected chi connectivity index (χ2v) is 15.4. The Balaban J connectivity index is 0.000000175. The van der Waals surface area contributed by atoms with Gasteiger partial charge in [0.15, 0.2) is 0 Å². The fraction of sp³-hybridized carbons (Fsp3) is 0.108. The molecule has 0 radical (unpaired) electrons. The number of nitrogens with zero attached hydrogens (tertiary/aromatic N) is 3. The Hall–Kier alpha value is -4.02. The van der Waals surface area contributed by atoms with E-state index < -0.39 is 8.07 Å². The third-order valence-electron chi connectivity index (χ3n) is 6.20. The quantitative estimate of drug-likeness (QED) is 0.135. The van der Waals surface area contributed by atoms with Crippen LogP contribution in [0, 0.1) is 25.1 Å². The van der Waals surface area contributed by atoms with Crippen molar-refractivity contribution in [2.45, 2.75) is 26.6 Å². The first-order valence-electron chi connectivity index (χ1n) is 13.6. The van der Waals surface area contributed by atoms with Gasteiger partial charge in [-0.15, -0.1) is 108 Å². The molecule has 0 atom stereocenters. The zero-order valence-electron chi connectivity index (χ0n) is 24.4. The molecule has 0 fully saturated rings. The zero-order chi connectivity index (χ0) is 28.9. The summed E-state index contributed by atoms with van der Waals surface area (Å²) < 4.78 is 0. The van der Waals surface area contributed by atoms with Crippen molar-refractivity contribution in [3.63, 3.8) is 0 Å². The Labute approximate surface area is 265 Å². The average Bonchev–Trinajstić information content (AvgIpc) is 3.03. The van der Waals surface area contributed by atoms with Crippen LogP contribution in [-0.4, -0.2) is 23.0 Å². The Morgan fingerprint density at radius 1 is 0.524 bits per heavy atom. The van der Waals surface area contributed by atoms with Gasteiger partial charge in [0.1, 0.15) is 0 Å². The molecule has 6 aromatic rings. The minimum atomic E-state index is -1.27. The first-order valence-corrected chi connectivity index (χ1v) is 17.1. The van der Waals surface area contributed by atoms with Crippen LogP contribution in [0.25, 0.3) is 33.8 Å². The predicted octanol–water partition coefficient (Wildman–Crippen LogP) is 8.50. The minimum Gasteiger partial charge on any atom is -0.305 e. The Kier molecular flexibility index (Phi) is 12.7. The molecule has 0 unspecified atom stereocenters. The van der Waals surface area contributed by atoms with E-state index in [4.69, 9.17) is 0 Å². The minimum absolute atomic E-state index is 0. The van der Waals surface area contributed by atoms with Crippen molar-refractivity contribution >= 4 is 13.3 Å². The van der Waals surface area contributed by atoms with E-state index >= 15 is 0 Å². The van der Waals surface area contributed by atoms with E-state index in [1.165, 1.54) is 10.8 Å². The molecule has 0 bridgehead atoms. The van der Waals surface area contributed by atoms with Crippen LogP contribution >= 0.6 is 0 Å². The second kappa shape index (κ2) is 16.4. The Bertz CT molecular complexity index is 1440. The van der Waals surface area contributed by atoms with E-state index in [2.05, 4.69) is 78.0 Å². The number of rotatable bonds is 4. The molecule has 0 aliphatic rings. The van der Waals surface area contributed by atoms with E-state index in [1.54, 1.807) is 12.4 Å². The van der Waals surface area contributed by atoms with Crippen LogP contribution in [0.2, 0.25) is 19.6 Å². The predicted molar refractivity (Wildman–Crippen MR) is 173 cm³/mol. The van der Waals surface area contributed by atoms with Gasteiger partial charge < -0.3 is 15.0 Å². The molecule has 42 heavy (non-hydrogen) atoms. The van der Waals surface area contributed by atoms with Crippen molar-refractivity contribution in [1.82, 2.24) is 15.0 Å². The van der Waals surface area contributed by atoms with E-state index in [0.717, 1.165) is 33.8 Å². The molecule has 0 N–H and O–H groups in total. The van der Waals surface area contributed by atoms with Gasteiger partial charge >= 0.3 is 20.1 Å². The molecule has 3 nitrogen and oxygen atoms in total. The molecule has 0 amide bonds. The topological polar surface area (TPSA) is 38.7 Å². The van der Waals surface area contributed by atoms with Gasteiger partial charge in [0.05, 0.1) is 8.07 Å². The molecule has 0 aliphatic heterocycles. The molecule has 210 valence electrons. The molecule has 3 aromatic heterocycles. The second-order valence-electron chi connectivity index (χ2n) is 10.4. The summed E-state index contributed by atoms with van der Waals surface area (Å²) in [4.78, 5) is 13.0. The number of aromatic nitrogens is 3. The van der Waals surface area contributed by atoms with Crippen LogP contribution < -0.4 is 5.19 Å². The maximum atomic E-state index is 4.58. The number of hydrogen-bond acceptors (Lipinski definition) is 3. The van der Waals surface area contributed by atoms with Gasteiger partial charge in [-0.2, -0.15) is 0 Å². The van der Waals surface area contributed by atoms with Gasteiger partial charge in [-0.25, -0.2) is 0 Å². The van der Waals surface area contributed by atoms with Gasteiger partial charge in [0, 0.05) is 18.6 Å². The van der Waals surface area contributed by atoms with Crippen LogP contribution in [0.3, 0.4) is 0 Å². The summed E-state index contributed by atoms with van der Waals surface area (Å²) in [6.07, 6.45) is 5.63. The number of aryl methyl sites for hydroxylation is 1. The van der Waals surface area contributed by atoms with Crippen LogP contribution in [-0.2, 0) is 20.1 Å². The van der Waals surface area contributed by atoms with Crippen molar-refractivity contribution < 1.29 is 20.1 Å². The Morgan fingerprint density at radius 2 is 0.952 bits per heavy atom. The summed E-state index contributed by atoms with van der Waals surface area (Å²) in [5, 5.41) is 1.44. The largest absolute Gasteiger partial charge is 3.00 e. The molecule has 0 saturated heterocycles. The fourth-order valence-corrected chi connectivity index (χ4v) is 5.90. The smallest absolute Gasteiger partial charge is 0.305 e. The summed E-state index contributed by atoms with van der Waals surface area (Å²) in [7, 11) is -1.27. The van der Waals surface area contributed by atoms with Crippen LogP contribution in [0.4, 0.5) is 0 Å². The first-order chi connectivity index (χ1) is 19.9. The van der Waals surface area contributed by atoms with Crippen molar-refractivity contribution in [3.05, 3.63) is 158 Å². The van der Waals surface area contributed by atoms with Crippen LogP contribution in [0.1, 0.15) is 5.56 Å². The average molecular weight is 741 g/mol. The molecular weight excluding hydrogens is 707 g/mol. The van der Waals surface area contributed by atoms with Gasteiger partial charge in [-0.3, -0.25) is 0 Å². The van der Waals surface area contributed by atoms with Crippen molar-refractivity contribution in [2.24, 2.45) is 0 Å². The molecule has 0 spiro atoms. The molecule has 3 heterocycles. The number of hydrogen-bond donors (Lipinski definition) is 0.